The zero-order valence-corrected chi connectivity index (χ0v) is 18.6. The minimum Gasteiger partial charge on any atom is -0.467 e. The number of nitrogens with zero attached hydrogens (tertiary/aromatic N) is 2. The van der Waals surface area contributed by atoms with E-state index in [2.05, 4.69) is 15.6 Å². The lowest BCUT2D eigenvalue weighted by Gasteiger charge is -2.30. The molecule has 2 N–H and O–H groups in total. The summed E-state index contributed by atoms with van der Waals surface area (Å²) in [6.07, 6.45) is 10.2. The topological polar surface area (TPSA) is 114 Å². The first-order valence-electron chi connectivity index (χ1n) is 11.5. The summed E-state index contributed by atoms with van der Waals surface area (Å²) in [5, 5.41) is 5.71. The molecule has 4 rings (SSSR count). The van der Waals surface area contributed by atoms with Crippen molar-refractivity contribution in [3.63, 3.8) is 0 Å². The fourth-order valence-electron chi connectivity index (χ4n) is 4.40. The van der Waals surface area contributed by atoms with E-state index in [9.17, 15) is 14.4 Å². The molecule has 33 heavy (non-hydrogen) atoms. The molecule has 2 aliphatic rings. The van der Waals surface area contributed by atoms with Crippen LogP contribution in [-0.2, 0) is 25.7 Å². The first kappa shape index (κ1) is 23.0. The SMILES string of the molecule is O=C(NC1CCCC1)C(=O)N(Cc1cccnc1)C(C(=O)NCC1CCCO1)c1ccco1. The van der Waals surface area contributed by atoms with Crippen LogP contribution in [0.15, 0.2) is 47.3 Å². The number of carbonyl (C=O) groups is 3. The predicted octanol–water partition coefficient (Wildman–Crippen LogP) is 2.10. The van der Waals surface area contributed by atoms with Crippen molar-refractivity contribution in [2.75, 3.05) is 13.2 Å². The third kappa shape index (κ3) is 5.98. The smallest absolute Gasteiger partial charge is 0.313 e. The van der Waals surface area contributed by atoms with Crippen LogP contribution in [0.25, 0.3) is 0 Å². The molecule has 0 radical (unpaired) electrons. The van der Waals surface area contributed by atoms with E-state index in [1.54, 1.807) is 36.7 Å². The Morgan fingerprint density at radius 2 is 1.97 bits per heavy atom. The van der Waals surface area contributed by atoms with E-state index in [-0.39, 0.29) is 24.5 Å². The van der Waals surface area contributed by atoms with Crippen LogP contribution in [0.5, 0.6) is 0 Å². The quantitative estimate of drug-likeness (QED) is 0.591. The van der Waals surface area contributed by atoms with Crippen LogP contribution in [0.4, 0.5) is 0 Å². The van der Waals surface area contributed by atoms with Crippen LogP contribution in [-0.4, -0.2) is 52.9 Å². The van der Waals surface area contributed by atoms with Crippen LogP contribution < -0.4 is 10.6 Å². The van der Waals surface area contributed by atoms with Crippen molar-refractivity contribution in [3.8, 4) is 0 Å². The van der Waals surface area contributed by atoms with Crippen molar-refractivity contribution in [3.05, 3.63) is 54.2 Å². The highest BCUT2D eigenvalue weighted by atomic mass is 16.5. The average Bonchev–Trinajstić information content (AvgIpc) is 3.61. The summed E-state index contributed by atoms with van der Waals surface area (Å²) in [7, 11) is 0. The van der Waals surface area contributed by atoms with Gasteiger partial charge in [0, 0.05) is 38.1 Å². The summed E-state index contributed by atoms with van der Waals surface area (Å²) in [6.45, 7) is 1.04. The van der Waals surface area contributed by atoms with Crippen molar-refractivity contribution in [1.82, 2.24) is 20.5 Å². The largest absolute Gasteiger partial charge is 0.467 e. The van der Waals surface area contributed by atoms with Gasteiger partial charge in [-0.25, -0.2) is 0 Å². The van der Waals surface area contributed by atoms with Crippen molar-refractivity contribution in [2.24, 2.45) is 0 Å². The van der Waals surface area contributed by atoms with Crippen LogP contribution in [0.1, 0.15) is 55.9 Å². The molecule has 1 aliphatic carbocycles. The summed E-state index contributed by atoms with van der Waals surface area (Å²) >= 11 is 0. The zero-order chi connectivity index (χ0) is 23.0. The number of aromatic nitrogens is 1. The maximum atomic E-state index is 13.4. The molecular weight excluding hydrogens is 424 g/mol. The number of hydrogen-bond donors (Lipinski definition) is 2. The van der Waals surface area contributed by atoms with Crippen molar-refractivity contribution in [1.29, 1.82) is 0 Å². The molecule has 2 fully saturated rings. The highest BCUT2D eigenvalue weighted by Crippen LogP contribution is 2.25. The van der Waals surface area contributed by atoms with Gasteiger partial charge in [-0.3, -0.25) is 19.4 Å². The normalized spacial score (nSPS) is 19.2. The molecule has 0 bridgehead atoms. The number of rotatable bonds is 8. The third-order valence-electron chi connectivity index (χ3n) is 6.12. The van der Waals surface area contributed by atoms with E-state index in [1.807, 2.05) is 0 Å². The van der Waals surface area contributed by atoms with Crippen LogP contribution in [0.2, 0.25) is 0 Å². The lowest BCUT2D eigenvalue weighted by atomic mass is 10.1. The fraction of sp³-hybridized carbons (Fsp3) is 0.500. The third-order valence-corrected chi connectivity index (χ3v) is 6.12. The Bertz CT molecular complexity index is 922. The predicted molar refractivity (Wildman–Crippen MR) is 119 cm³/mol. The number of carbonyl (C=O) groups excluding carboxylic acids is 3. The lowest BCUT2D eigenvalue weighted by Crippen LogP contribution is -2.50. The molecule has 9 nitrogen and oxygen atoms in total. The Balaban J connectivity index is 1.57. The summed E-state index contributed by atoms with van der Waals surface area (Å²) in [5.41, 5.74) is 0.697. The molecule has 1 saturated carbocycles. The molecule has 0 spiro atoms. The van der Waals surface area contributed by atoms with Crippen LogP contribution in [0.3, 0.4) is 0 Å². The minimum atomic E-state index is -1.11. The van der Waals surface area contributed by atoms with E-state index in [1.165, 1.54) is 11.2 Å². The summed E-state index contributed by atoms with van der Waals surface area (Å²) in [4.78, 5) is 45.0. The average molecular weight is 455 g/mol. The van der Waals surface area contributed by atoms with Gasteiger partial charge in [-0.1, -0.05) is 18.9 Å². The van der Waals surface area contributed by atoms with Gasteiger partial charge < -0.3 is 24.7 Å². The fourth-order valence-corrected chi connectivity index (χ4v) is 4.40. The molecule has 176 valence electrons. The second-order valence-corrected chi connectivity index (χ2v) is 8.55. The van der Waals surface area contributed by atoms with E-state index in [0.717, 1.165) is 38.5 Å². The number of hydrogen-bond acceptors (Lipinski definition) is 6. The maximum absolute atomic E-state index is 13.4. The van der Waals surface area contributed by atoms with Gasteiger partial charge in [-0.15, -0.1) is 0 Å². The molecule has 2 unspecified atom stereocenters. The Morgan fingerprint density at radius 3 is 2.64 bits per heavy atom. The van der Waals surface area contributed by atoms with E-state index >= 15 is 0 Å². The highest BCUT2D eigenvalue weighted by molar-refractivity contribution is 6.35. The maximum Gasteiger partial charge on any atom is 0.313 e. The monoisotopic (exact) mass is 454 g/mol. The van der Waals surface area contributed by atoms with Crippen molar-refractivity contribution in [2.45, 2.75) is 63.3 Å². The number of pyridine rings is 1. The number of amides is 3. The molecule has 1 aliphatic heterocycles. The first-order chi connectivity index (χ1) is 16.1. The lowest BCUT2D eigenvalue weighted by molar-refractivity contribution is -0.151. The minimum absolute atomic E-state index is 0.0166. The highest BCUT2D eigenvalue weighted by Gasteiger charge is 2.37. The van der Waals surface area contributed by atoms with Crippen LogP contribution in [0, 0.1) is 0 Å². The van der Waals surface area contributed by atoms with E-state index in [0.29, 0.717) is 18.7 Å². The Kier molecular flexibility index (Phi) is 7.72. The second-order valence-electron chi connectivity index (χ2n) is 8.55. The Morgan fingerprint density at radius 1 is 1.12 bits per heavy atom. The molecule has 2 atom stereocenters. The Hall–Kier alpha value is -3.20. The van der Waals surface area contributed by atoms with Gasteiger partial charge in [0.25, 0.3) is 5.91 Å². The molecular formula is C24H30N4O5. The van der Waals surface area contributed by atoms with Gasteiger partial charge in [-0.2, -0.15) is 0 Å². The van der Waals surface area contributed by atoms with Crippen molar-refractivity contribution < 1.29 is 23.5 Å². The number of furan rings is 1. The van der Waals surface area contributed by atoms with Gasteiger partial charge in [0.2, 0.25) is 0 Å². The second kappa shape index (κ2) is 11.1. The number of nitrogens with one attached hydrogen (secondary N) is 2. The van der Waals surface area contributed by atoms with Gasteiger partial charge >= 0.3 is 11.8 Å². The number of ether oxygens (including phenoxy) is 1. The summed E-state index contributed by atoms with van der Waals surface area (Å²) in [5.74, 6) is -1.63. The van der Waals surface area contributed by atoms with Crippen LogP contribution >= 0.6 is 0 Å². The van der Waals surface area contributed by atoms with Gasteiger partial charge in [0.05, 0.1) is 12.4 Å². The summed E-state index contributed by atoms with van der Waals surface area (Å²) in [6, 6.07) is 5.71. The van der Waals surface area contributed by atoms with E-state index in [4.69, 9.17) is 9.15 Å². The zero-order valence-electron chi connectivity index (χ0n) is 18.6. The van der Waals surface area contributed by atoms with Gasteiger partial charge in [-0.05, 0) is 49.4 Å². The molecule has 2 aromatic heterocycles. The standard InChI is InChI=1S/C24H30N4O5/c29-22(26-15-19-9-4-12-32-19)21(20-10-5-13-33-20)28(16-17-6-3-11-25-14-17)24(31)23(30)27-18-7-1-2-8-18/h3,5-6,10-11,13-14,18-19,21H,1-2,4,7-9,12,15-16H2,(H,26,29)(H,27,30). The Labute approximate surface area is 192 Å². The van der Waals surface area contributed by atoms with Crippen molar-refractivity contribution >= 4 is 17.7 Å². The van der Waals surface area contributed by atoms with E-state index < -0.39 is 23.8 Å². The molecule has 2 aromatic rings. The molecule has 3 heterocycles. The summed E-state index contributed by atoms with van der Waals surface area (Å²) < 4.78 is 11.1. The first-order valence-corrected chi connectivity index (χ1v) is 11.5. The molecule has 0 aromatic carbocycles. The van der Waals surface area contributed by atoms with Gasteiger partial charge in [0.15, 0.2) is 6.04 Å². The molecule has 9 heteroatoms. The molecule has 1 saturated heterocycles. The molecule has 3 amide bonds. The van der Waals surface area contributed by atoms with Gasteiger partial charge in [0.1, 0.15) is 5.76 Å².